The molecule has 142 valence electrons. The molecule has 0 saturated heterocycles. The molecule has 0 aliphatic rings. The number of halogens is 1. The number of thiocarbonyl (C=S) groups is 1. The second-order valence-corrected chi connectivity index (χ2v) is 6.21. The molecular formula is C20H21ClN2O3S. The molecule has 0 aromatic heterocycles. The van der Waals surface area contributed by atoms with E-state index < -0.39 is 0 Å². The lowest BCUT2D eigenvalue weighted by Crippen LogP contribution is -2.33. The Kier molecular flexibility index (Phi) is 8.77. The first-order valence-corrected chi connectivity index (χ1v) is 9.22. The van der Waals surface area contributed by atoms with Gasteiger partial charge in [-0.15, -0.1) is 0 Å². The lowest BCUT2D eigenvalue weighted by molar-refractivity contribution is -0.115. The van der Waals surface area contributed by atoms with E-state index in [1.165, 1.54) is 6.08 Å². The van der Waals surface area contributed by atoms with Crippen molar-refractivity contribution < 1.29 is 14.3 Å². The Hall–Kier alpha value is -2.41. The van der Waals surface area contributed by atoms with Gasteiger partial charge in [0.1, 0.15) is 12.4 Å². The molecule has 0 spiro atoms. The molecule has 0 atom stereocenters. The Morgan fingerprint density at radius 3 is 2.63 bits per heavy atom. The van der Waals surface area contributed by atoms with Gasteiger partial charge >= 0.3 is 0 Å². The summed E-state index contributed by atoms with van der Waals surface area (Å²) in [5.74, 6) is 0.294. The molecule has 0 saturated carbocycles. The standard InChI is InChI=1S/C20H21ClN2O3S/c1-2-25-13-14-26-18-6-4-3-5-17(18)22-20(27)23-19(24)12-9-15-7-10-16(21)11-8-15/h3-12H,2,13-14H2,1H3,(H2,22,23,24,27)/b12-9+. The molecule has 0 heterocycles. The zero-order valence-electron chi connectivity index (χ0n) is 14.9. The highest BCUT2D eigenvalue weighted by Gasteiger charge is 2.06. The van der Waals surface area contributed by atoms with Crippen LogP contribution in [0.5, 0.6) is 5.75 Å². The van der Waals surface area contributed by atoms with Crippen LogP contribution in [-0.4, -0.2) is 30.8 Å². The van der Waals surface area contributed by atoms with Crippen LogP contribution >= 0.6 is 23.8 Å². The van der Waals surface area contributed by atoms with Gasteiger partial charge in [0.05, 0.1) is 12.3 Å². The number of rotatable bonds is 8. The van der Waals surface area contributed by atoms with E-state index in [0.717, 1.165) is 5.56 Å². The largest absolute Gasteiger partial charge is 0.489 e. The fraction of sp³-hybridized carbons (Fsp3) is 0.200. The van der Waals surface area contributed by atoms with Crippen LogP contribution in [0.3, 0.4) is 0 Å². The summed E-state index contributed by atoms with van der Waals surface area (Å²) in [5.41, 5.74) is 1.53. The Bertz CT molecular complexity index is 794. The Morgan fingerprint density at radius 1 is 1.15 bits per heavy atom. The number of para-hydroxylation sites is 2. The van der Waals surface area contributed by atoms with Crippen molar-refractivity contribution in [2.24, 2.45) is 0 Å². The van der Waals surface area contributed by atoms with E-state index >= 15 is 0 Å². The molecule has 0 aliphatic carbocycles. The van der Waals surface area contributed by atoms with Crippen LogP contribution in [0.15, 0.2) is 54.6 Å². The molecule has 0 aliphatic heterocycles. The summed E-state index contributed by atoms with van der Waals surface area (Å²) < 4.78 is 10.9. The minimum atomic E-state index is -0.336. The monoisotopic (exact) mass is 404 g/mol. The van der Waals surface area contributed by atoms with E-state index in [1.54, 1.807) is 18.2 Å². The highest BCUT2D eigenvalue weighted by Crippen LogP contribution is 2.23. The number of nitrogens with one attached hydrogen (secondary N) is 2. The van der Waals surface area contributed by atoms with Gasteiger partial charge in [0, 0.05) is 17.7 Å². The predicted molar refractivity (Wildman–Crippen MR) is 113 cm³/mol. The summed E-state index contributed by atoms with van der Waals surface area (Å²) in [6.45, 7) is 3.50. The van der Waals surface area contributed by atoms with Gasteiger partial charge in [-0.25, -0.2) is 0 Å². The van der Waals surface area contributed by atoms with Crippen LogP contribution in [0.2, 0.25) is 5.02 Å². The van der Waals surface area contributed by atoms with Crippen LogP contribution < -0.4 is 15.4 Å². The van der Waals surface area contributed by atoms with Gasteiger partial charge in [0.15, 0.2) is 5.11 Å². The lowest BCUT2D eigenvalue weighted by atomic mass is 10.2. The van der Waals surface area contributed by atoms with Gasteiger partial charge in [0.2, 0.25) is 5.91 Å². The van der Waals surface area contributed by atoms with Gasteiger partial charge in [-0.05, 0) is 55.0 Å². The molecule has 27 heavy (non-hydrogen) atoms. The zero-order valence-corrected chi connectivity index (χ0v) is 16.5. The topological polar surface area (TPSA) is 59.6 Å². The van der Waals surface area contributed by atoms with Crippen molar-refractivity contribution in [3.8, 4) is 5.75 Å². The average molecular weight is 405 g/mol. The van der Waals surface area contributed by atoms with E-state index in [9.17, 15) is 4.79 Å². The molecule has 0 radical (unpaired) electrons. The SMILES string of the molecule is CCOCCOc1ccccc1NC(=S)NC(=O)/C=C/c1ccc(Cl)cc1. The van der Waals surface area contributed by atoms with Gasteiger partial charge < -0.3 is 14.8 Å². The quantitative estimate of drug-likeness (QED) is 0.390. The second kappa shape index (κ2) is 11.3. The molecular weight excluding hydrogens is 384 g/mol. The highest BCUT2D eigenvalue weighted by molar-refractivity contribution is 7.80. The van der Waals surface area contributed by atoms with Gasteiger partial charge in [0.25, 0.3) is 0 Å². The van der Waals surface area contributed by atoms with Crippen molar-refractivity contribution in [1.29, 1.82) is 0 Å². The predicted octanol–water partition coefficient (Wildman–Crippen LogP) is 4.28. The number of carbonyl (C=O) groups is 1. The summed E-state index contributed by atoms with van der Waals surface area (Å²) in [6.07, 6.45) is 3.08. The molecule has 1 amide bonds. The molecule has 2 aromatic carbocycles. The third-order valence-electron chi connectivity index (χ3n) is 3.36. The van der Waals surface area contributed by atoms with Crippen LogP contribution in [0.1, 0.15) is 12.5 Å². The third-order valence-corrected chi connectivity index (χ3v) is 3.81. The normalized spacial score (nSPS) is 10.6. The van der Waals surface area contributed by atoms with Crippen molar-refractivity contribution in [2.45, 2.75) is 6.92 Å². The maximum absolute atomic E-state index is 12.0. The van der Waals surface area contributed by atoms with E-state index in [4.69, 9.17) is 33.3 Å². The average Bonchev–Trinajstić information content (AvgIpc) is 2.66. The number of carbonyl (C=O) groups excluding carboxylic acids is 1. The van der Waals surface area contributed by atoms with Gasteiger partial charge in [-0.1, -0.05) is 35.9 Å². The second-order valence-electron chi connectivity index (χ2n) is 5.37. The number of hydrogen-bond donors (Lipinski definition) is 2. The van der Waals surface area contributed by atoms with Crippen LogP contribution in [0, 0.1) is 0 Å². The molecule has 2 N–H and O–H groups in total. The molecule has 2 rings (SSSR count). The Balaban J connectivity index is 1.87. The van der Waals surface area contributed by atoms with E-state index in [2.05, 4.69) is 10.6 Å². The summed E-state index contributed by atoms with van der Waals surface area (Å²) in [4.78, 5) is 12.0. The number of amides is 1. The third kappa shape index (κ3) is 7.78. The van der Waals surface area contributed by atoms with Crippen molar-refractivity contribution in [2.75, 3.05) is 25.1 Å². The summed E-state index contributed by atoms with van der Waals surface area (Å²) in [6, 6.07) is 14.5. The van der Waals surface area contributed by atoms with Crippen LogP contribution in [0.4, 0.5) is 5.69 Å². The molecule has 7 heteroatoms. The van der Waals surface area contributed by atoms with Crippen LogP contribution in [0.25, 0.3) is 6.08 Å². The summed E-state index contributed by atoms with van der Waals surface area (Å²) >= 11 is 11.0. The lowest BCUT2D eigenvalue weighted by Gasteiger charge is -2.13. The first kappa shape index (κ1) is 20.9. The maximum atomic E-state index is 12.0. The first-order chi connectivity index (χ1) is 13.1. The van der Waals surface area contributed by atoms with E-state index in [-0.39, 0.29) is 11.0 Å². The number of anilines is 1. The highest BCUT2D eigenvalue weighted by atomic mass is 35.5. The van der Waals surface area contributed by atoms with Gasteiger partial charge in [-0.2, -0.15) is 0 Å². The van der Waals surface area contributed by atoms with Crippen molar-refractivity contribution in [1.82, 2.24) is 5.32 Å². The fourth-order valence-electron chi connectivity index (χ4n) is 2.10. The van der Waals surface area contributed by atoms with Crippen molar-refractivity contribution in [3.63, 3.8) is 0 Å². The Labute approximate surface area is 169 Å². The molecule has 0 fully saturated rings. The van der Waals surface area contributed by atoms with Gasteiger partial charge in [-0.3, -0.25) is 10.1 Å². The van der Waals surface area contributed by atoms with E-state index in [1.807, 2.05) is 43.3 Å². The van der Waals surface area contributed by atoms with Crippen LogP contribution in [-0.2, 0) is 9.53 Å². The molecule has 0 bridgehead atoms. The summed E-state index contributed by atoms with van der Waals surface area (Å²) in [7, 11) is 0. The minimum absolute atomic E-state index is 0.182. The zero-order chi connectivity index (χ0) is 19.5. The smallest absolute Gasteiger partial charge is 0.250 e. The number of benzene rings is 2. The van der Waals surface area contributed by atoms with Crippen molar-refractivity contribution in [3.05, 3.63) is 65.2 Å². The van der Waals surface area contributed by atoms with E-state index in [0.29, 0.717) is 36.3 Å². The molecule has 5 nitrogen and oxygen atoms in total. The van der Waals surface area contributed by atoms with Crippen molar-refractivity contribution >= 4 is 46.6 Å². The number of ether oxygens (including phenoxy) is 2. The maximum Gasteiger partial charge on any atom is 0.250 e. The number of hydrogen-bond acceptors (Lipinski definition) is 4. The molecule has 2 aromatic rings. The Morgan fingerprint density at radius 2 is 1.89 bits per heavy atom. The first-order valence-electron chi connectivity index (χ1n) is 8.43. The fourth-order valence-corrected chi connectivity index (χ4v) is 2.44. The minimum Gasteiger partial charge on any atom is -0.489 e. The summed E-state index contributed by atoms with van der Waals surface area (Å²) in [5, 5.41) is 6.40. The molecule has 0 unspecified atom stereocenters.